The Morgan fingerprint density at radius 3 is 2.55 bits per heavy atom. The van der Waals surface area contributed by atoms with Crippen molar-refractivity contribution in [1.82, 2.24) is 15.0 Å². The van der Waals surface area contributed by atoms with Crippen LogP contribution in [0.3, 0.4) is 0 Å². The third-order valence-corrected chi connectivity index (χ3v) is 7.43. The highest BCUT2D eigenvalue weighted by molar-refractivity contribution is 7.86. The Balaban J connectivity index is 1.79. The molecular weight excluding hydrogens is 457 g/mol. The zero-order valence-electron chi connectivity index (χ0n) is 18.7. The fraction of sp³-hybridized carbons (Fsp3) is 0.208. The van der Waals surface area contributed by atoms with Gasteiger partial charge in [0.25, 0.3) is 0 Å². The molecule has 0 amide bonds. The fourth-order valence-corrected chi connectivity index (χ4v) is 5.26. The van der Waals surface area contributed by atoms with Crippen LogP contribution in [0.5, 0.6) is 0 Å². The van der Waals surface area contributed by atoms with E-state index in [1.807, 2.05) is 39.8 Å². The Morgan fingerprint density at radius 1 is 1.09 bits per heavy atom. The topological polar surface area (TPSA) is 93.8 Å². The van der Waals surface area contributed by atoms with E-state index in [2.05, 4.69) is 14.7 Å². The maximum atomic E-state index is 15.7. The Kier molecular flexibility index (Phi) is 6.27. The van der Waals surface area contributed by atoms with Gasteiger partial charge in [-0.25, -0.2) is 23.6 Å². The molecule has 0 fully saturated rings. The van der Waals surface area contributed by atoms with Gasteiger partial charge in [-0.1, -0.05) is 39.0 Å². The highest BCUT2D eigenvalue weighted by Gasteiger charge is 2.26. The molecule has 3 N–H and O–H groups in total. The van der Waals surface area contributed by atoms with E-state index < -0.39 is 16.8 Å². The molecule has 4 rings (SSSR count). The van der Waals surface area contributed by atoms with Crippen molar-refractivity contribution in [1.29, 1.82) is 0 Å². The summed E-state index contributed by atoms with van der Waals surface area (Å²) in [5.74, 6) is -0.402. The molecule has 0 aliphatic carbocycles. The smallest absolute Gasteiger partial charge is 0.220 e. The molecule has 0 aliphatic heterocycles. The van der Waals surface area contributed by atoms with Gasteiger partial charge >= 0.3 is 0 Å². The van der Waals surface area contributed by atoms with Crippen LogP contribution in [0.1, 0.15) is 31.3 Å². The summed E-state index contributed by atoms with van der Waals surface area (Å²) in [6, 6.07) is 13.9. The van der Waals surface area contributed by atoms with E-state index in [1.165, 1.54) is 11.3 Å². The first-order valence-electron chi connectivity index (χ1n) is 10.3. The predicted molar refractivity (Wildman–Crippen MR) is 133 cm³/mol. The van der Waals surface area contributed by atoms with Gasteiger partial charge in [0.2, 0.25) is 5.95 Å². The van der Waals surface area contributed by atoms with Gasteiger partial charge in [0.1, 0.15) is 11.0 Å². The standard InChI is InChI=1S/C24H24FN5OS2/c1-14-7-5-8-15(13-14)33(31)30-17-10-6-9-16(19(17)25)20-21(18-11-12-27-23(26)28-18)32-22(29-20)24(2,3)4/h5-13,30H,1-4H3,(H2,26,27,28). The van der Waals surface area contributed by atoms with Crippen LogP contribution in [0.15, 0.2) is 59.6 Å². The number of anilines is 2. The molecule has 9 heteroatoms. The van der Waals surface area contributed by atoms with Crippen LogP contribution in [0, 0.1) is 12.7 Å². The molecule has 0 saturated carbocycles. The van der Waals surface area contributed by atoms with E-state index in [-0.39, 0.29) is 17.1 Å². The molecule has 33 heavy (non-hydrogen) atoms. The molecule has 0 spiro atoms. The molecule has 170 valence electrons. The van der Waals surface area contributed by atoms with Crippen molar-refractivity contribution in [2.75, 3.05) is 10.5 Å². The number of hydrogen-bond donors (Lipinski definition) is 2. The van der Waals surface area contributed by atoms with Gasteiger partial charge in [-0.15, -0.1) is 11.3 Å². The number of rotatable bonds is 5. The van der Waals surface area contributed by atoms with Crippen LogP contribution in [-0.4, -0.2) is 19.2 Å². The average Bonchev–Trinajstić information content (AvgIpc) is 3.21. The van der Waals surface area contributed by atoms with Gasteiger partial charge < -0.3 is 5.73 Å². The second kappa shape index (κ2) is 8.99. The normalized spacial score (nSPS) is 12.5. The summed E-state index contributed by atoms with van der Waals surface area (Å²) in [5, 5.41) is 0.839. The third kappa shape index (κ3) is 4.94. The van der Waals surface area contributed by atoms with Crippen LogP contribution in [-0.2, 0) is 16.4 Å². The van der Waals surface area contributed by atoms with E-state index in [1.54, 1.807) is 42.6 Å². The highest BCUT2D eigenvalue weighted by Crippen LogP contribution is 2.41. The number of halogens is 1. The zero-order chi connectivity index (χ0) is 23.8. The van der Waals surface area contributed by atoms with E-state index in [4.69, 9.17) is 10.7 Å². The molecule has 1 atom stereocenters. The number of nitrogen functional groups attached to an aromatic ring is 1. The van der Waals surface area contributed by atoms with Gasteiger partial charge in [-0.2, -0.15) is 0 Å². The maximum absolute atomic E-state index is 15.7. The van der Waals surface area contributed by atoms with Crippen molar-refractivity contribution < 1.29 is 8.60 Å². The van der Waals surface area contributed by atoms with Gasteiger partial charge in [-0.05, 0) is 42.8 Å². The summed E-state index contributed by atoms with van der Waals surface area (Å²) in [7, 11) is -1.62. The minimum atomic E-state index is -1.62. The largest absolute Gasteiger partial charge is 0.368 e. The molecular formula is C24H24FN5OS2. The zero-order valence-corrected chi connectivity index (χ0v) is 20.4. The Bertz CT molecular complexity index is 1350. The average molecular weight is 482 g/mol. The van der Waals surface area contributed by atoms with Gasteiger partial charge in [-0.3, -0.25) is 4.72 Å². The number of aryl methyl sites for hydroxylation is 1. The van der Waals surface area contributed by atoms with Crippen molar-refractivity contribution in [3.8, 4) is 21.8 Å². The van der Waals surface area contributed by atoms with E-state index in [9.17, 15) is 4.21 Å². The number of benzene rings is 2. The van der Waals surface area contributed by atoms with Crippen LogP contribution in [0.25, 0.3) is 21.8 Å². The van der Waals surface area contributed by atoms with Crippen molar-refractivity contribution in [2.24, 2.45) is 0 Å². The van der Waals surface area contributed by atoms with Crippen LogP contribution in [0.2, 0.25) is 0 Å². The molecule has 1 unspecified atom stereocenters. The molecule has 0 saturated heterocycles. The highest BCUT2D eigenvalue weighted by atomic mass is 32.2. The first-order valence-corrected chi connectivity index (χ1v) is 12.2. The first-order chi connectivity index (χ1) is 15.6. The monoisotopic (exact) mass is 481 g/mol. The van der Waals surface area contributed by atoms with Crippen molar-refractivity contribution in [3.63, 3.8) is 0 Å². The second-order valence-corrected chi connectivity index (χ2v) is 10.8. The number of nitrogens with two attached hydrogens (primary N) is 1. The second-order valence-electron chi connectivity index (χ2n) is 8.60. The number of hydrogen-bond acceptors (Lipinski definition) is 6. The Morgan fingerprint density at radius 2 is 1.85 bits per heavy atom. The van der Waals surface area contributed by atoms with Crippen molar-refractivity contribution in [3.05, 3.63) is 71.1 Å². The maximum Gasteiger partial charge on any atom is 0.220 e. The SMILES string of the molecule is Cc1cccc(S(=O)Nc2cccc(-c3nc(C(C)(C)C)sc3-c3ccnc(N)n3)c2F)c1. The summed E-state index contributed by atoms with van der Waals surface area (Å²) >= 11 is 1.45. The molecule has 2 aromatic carbocycles. The lowest BCUT2D eigenvalue weighted by Gasteiger charge is -2.13. The molecule has 0 aliphatic rings. The quantitative estimate of drug-likeness (QED) is 0.380. The third-order valence-electron chi connectivity index (χ3n) is 4.84. The van der Waals surface area contributed by atoms with Gasteiger partial charge in [0.05, 0.1) is 31.9 Å². The van der Waals surface area contributed by atoms with Crippen LogP contribution in [0.4, 0.5) is 16.0 Å². The number of thiazole rings is 1. The summed E-state index contributed by atoms with van der Waals surface area (Å²) < 4.78 is 31.3. The van der Waals surface area contributed by atoms with Gasteiger partial charge in [0.15, 0.2) is 5.82 Å². The minimum absolute atomic E-state index is 0.130. The lowest BCUT2D eigenvalue weighted by molar-refractivity contribution is 0.585. The number of aromatic nitrogens is 3. The van der Waals surface area contributed by atoms with E-state index in [0.29, 0.717) is 26.7 Å². The lowest BCUT2D eigenvalue weighted by Crippen LogP contribution is -2.10. The molecule has 6 nitrogen and oxygen atoms in total. The minimum Gasteiger partial charge on any atom is -0.368 e. The Hall–Kier alpha value is -3.17. The molecule has 2 aromatic heterocycles. The van der Waals surface area contributed by atoms with Crippen LogP contribution < -0.4 is 10.5 Å². The predicted octanol–water partition coefficient (Wildman–Crippen LogP) is 5.73. The van der Waals surface area contributed by atoms with E-state index >= 15 is 4.39 Å². The molecule has 0 bridgehead atoms. The molecule has 2 heterocycles. The first kappa shape index (κ1) is 23.0. The number of nitrogens with one attached hydrogen (secondary N) is 1. The summed E-state index contributed by atoms with van der Waals surface area (Å²) in [6.07, 6.45) is 1.57. The summed E-state index contributed by atoms with van der Waals surface area (Å²) in [6.45, 7) is 8.06. The lowest BCUT2D eigenvalue weighted by atomic mass is 9.98. The van der Waals surface area contributed by atoms with Crippen molar-refractivity contribution >= 4 is 34.0 Å². The summed E-state index contributed by atoms with van der Waals surface area (Å²) in [4.78, 5) is 14.3. The van der Waals surface area contributed by atoms with Crippen LogP contribution >= 0.6 is 11.3 Å². The fourth-order valence-electron chi connectivity index (χ4n) is 3.18. The molecule has 0 radical (unpaired) electrons. The summed E-state index contributed by atoms with van der Waals surface area (Å²) in [5.41, 5.74) is 7.99. The van der Waals surface area contributed by atoms with E-state index in [0.717, 1.165) is 10.6 Å². The van der Waals surface area contributed by atoms with Crippen molar-refractivity contribution in [2.45, 2.75) is 38.0 Å². The Labute approximate surface area is 198 Å². The molecule has 4 aromatic rings. The van der Waals surface area contributed by atoms with Gasteiger partial charge in [0, 0.05) is 17.2 Å². The number of nitrogens with zero attached hydrogens (tertiary/aromatic N) is 3.